The summed E-state index contributed by atoms with van der Waals surface area (Å²) in [5.41, 5.74) is 11.0. The number of carbonyl (C=O) groups is 1. The smallest absolute Gasteiger partial charge is 0.240 e. The van der Waals surface area contributed by atoms with Gasteiger partial charge in [0.25, 0.3) is 0 Å². The van der Waals surface area contributed by atoms with E-state index in [-0.39, 0.29) is 35.8 Å². The van der Waals surface area contributed by atoms with E-state index in [1.54, 1.807) is 30.3 Å². The van der Waals surface area contributed by atoms with Crippen molar-refractivity contribution in [2.24, 2.45) is 5.73 Å². The number of hydrogen-bond acceptors (Lipinski definition) is 7. The van der Waals surface area contributed by atoms with Crippen LogP contribution in [0.15, 0.2) is 71.6 Å². The van der Waals surface area contributed by atoms with Crippen LogP contribution in [0.2, 0.25) is 0 Å². The van der Waals surface area contributed by atoms with Crippen LogP contribution in [0.5, 0.6) is 0 Å². The van der Waals surface area contributed by atoms with E-state index in [4.69, 9.17) is 16.1 Å². The molecule has 0 spiro atoms. The minimum Gasteiger partial charge on any atom is -0.384 e. The molecule has 0 fully saturated rings. The zero-order valence-electron chi connectivity index (χ0n) is 22.1. The third-order valence-corrected chi connectivity index (χ3v) is 8.27. The van der Waals surface area contributed by atoms with Crippen molar-refractivity contribution in [1.82, 2.24) is 20.0 Å². The predicted molar refractivity (Wildman–Crippen MR) is 156 cm³/mol. The molecule has 0 radical (unpaired) electrons. The first-order chi connectivity index (χ1) is 19.2. The molecular formula is C28H32N8O3S. The fraction of sp³-hybridized carbons (Fsp3) is 0.250. The first-order valence-corrected chi connectivity index (χ1v) is 14.5. The van der Waals surface area contributed by atoms with Gasteiger partial charge in [-0.05, 0) is 49.4 Å². The number of amidine groups is 1. The molecule has 0 bridgehead atoms. The maximum absolute atomic E-state index is 12.5. The summed E-state index contributed by atoms with van der Waals surface area (Å²) in [5, 5.41) is 14.2. The topological polar surface area (TPSA) is 169 Å². The predicted octanol–water partition coefficient (Wildman–Crippen LogP) is 2.44. The normalized spacial score (nSPS) is 14.6. The number of aromatic amines is 1. The molecule has 1 atom stereocenters. The number of imidazole rings is 1. The lowest BCUT2D eigenvalue weighted by atomic mass is 10.1. The van der Waals surface area contributed by atoms with Crippen molar-refractivity contribution < 1.29 is 13.2 Å². The molecule has 5 rings (SSSR count). The van der Waals surface area contributed by atoms with Crippen molar-refractivity contribution in [3.8, 4) is 0 Å². The summed E-state index contributed by atoms with van der Waals surface area (Å²) in [6.45, 7) is 2.69. The molecule has 1 unspecified atom stereocenters. The van der Waals surface area contributed by atoms with Gasteiger partial charge in [-0.15, -0.1) is 0 Å². The van der Waals surface area contributed by atoms with Crippen LogP contribution in [0.25, 0.3) is 11.0 Å². The summed E-state index contributed by atoms with van der Waals surface area (Å²) in [6.07, 6.45) is 0.445. The maximum atomic E-state index is 12.5. The van der Waals surface area contributed by atoms with Crippen LogP contribution < -0.4 is 26.0 Å². The minimum absolute atomic E-state index is 0.00715. The largest absolute Gasteiger partial charge is 0.384 e. The Balaban J connectivity index is 1.20. The number of anilines is 2. The second-order valence-corrected chi connectivity index (χ2v) is 11.5. The number of benzene rings is 3. The van der Waals surface area contributed by atoms with Crippen molar-refractivity contribution in [2.75, 3.05) is 29.9 Å². The van der Waals surface area contributed by atoms with E-state index in [9.17, 15) is 13.2 Å². The van der Waals surface area contributed by atoms with Crippen LogP contribution in [0.4, 0.5) is 11.4 Å². The Hall–Kier alpha value is -4.42. The molecule has 40 heavy (non-hydrogen) atoms. The highest BCUT2D eigenvalue weighted by Crippen LogP contribution is 2.36. The summed E-state index contributed by atoms with van der Waals surface area (Å²) in [5.74, 6) is 0.545. The van der Waals surface area contributed by atoms with Crippen LogP contribution in [0.1, 0.15) is 23.4 Å². The lowest BCUT2D eigenvalue weighted by Gasteiger charge is -2.26. The number of nitrogens with one attached hydrogen (secondary N) is 5. The average Bonchev–Trinajstić information content (AvgIpc) is 3.49. The molecule has 0 saturated carbocycles. The lowest BCUT2D eigenvalue weighted by Crippen LogP contribution is -2.43. The molecule has 1 aliphatic rings. The van der Waals surface area contributed by atoms with Gasteiger partial charge >= 0.3 is 0 Å². The van der Waals surface area contributed by atoms with E-state index in [0.717, 1.165) is 33.8 Å². The van der Waals surface area contributed by atoms with Gasteiger partial charge in [0.1, 0.15) is 17.8 Å². The van der Waals surface area contributed by atoms with Gasteiger partial charge in [0.2, 0.25) is 15.9 Å². The Labute approximate surface area is 232 Å². The van der Waals surface area contributed by atoms with Gasteiger partial charge in [0, 0.05) is 38.0 Å². The van der Waals surface area contributed by atoms with Crippen LogP contribution in [-0.2, 0) is 21.2 Å². The van der Waals surface area contributed by atoms with Gasteiger partial charge in [0.05, 0.1) is 27.3 Å². The number of rotatable bonds is 11. The van der Waals surface area contributed by atoms with Gasteiger partial charge in [0.15, 0.2) is 0 Å². The number of aryl methyl sites for hydroxylation is 1. The molecule has 0 aliphatic carbocycles. The highest BCUT2D eigenvalue weighted by molar-refractivity contribution is 7.89. The summed E-state index contributed by atoms with van der Waals surface area (Å²) < 4.78 is 27.4. The highest BCUT2D eigenvalue weighted by atomic mass is 32.2. The van der Waals surface area contributed by atoms with Gasteiger partial charge < -0.3 is 26.3 Å². The number of para-hydroxylation sites is 2. The summed E-state index contributed by atoms with van der Waals surface area (Å²) in [4.78, 5) is 22.9. The molecule has 1 aliphatic heterocycles. The number of H-pyrrole nitrogens is 1. The van der Waals surface area contributed by atoms with E-state index >= 15 is 0 Å². The average molecular weight is 561 g/mol. The summed E-state index contributed by atoms with van der Waals surface area (Å²) in [6, 6.07) is 20.0. The second kappa shape index (κ2) is 11.4. The monoisotopic (exact) mass is 560 g/mol. The number of carbonyl (C=O) groups excluding carboxylic acids is 1. The fourth-order valence-electron chi connectivity index (χ4n) is 4.71. The number of nitrogens with two attached hydrogens (primary N) is 1. The zero-order chi connectivity index (χ0) is 28.3. The highest BCUT2D eigenvalue weighted by Gasteiger charge is 2.30. The molecule has 208 valence electrons. The number of amides is 1. The third kappa shape index (κ3) is 6.08. The van der Waals surface area contributed by atoms with Crippen molar-refractivity contribution in [1.29, 1.82) is 5.41 Å². The first-order valence-electron chi connectivity index (χ1n) is 13.0. The van der Waals surface area contributed by atoms with Crippen LogP contribution in [0, 0.1) is 12.3 Å². The Kier molecular flexibility index (Phi) is 7.71. The van der Waals surface area contributed by atoms with Crippen molar-refractivity contribution in [3.63, 3.8) is 0 Å². The molecule has 12 heteroatoms. The SMILES string of the molecule is Cc1ccc(S(=O)(=O)NCCC(=O)NCCN2c3cc(C(=N)N)ccc3NC2Cc2nc3ccccc3[nH]2)cc1. The molecule has 1 amide bonds. The molecule has 0 saturated heterocycles. The molecule has 4 aromatic rings. The van der Waals surface area contributed by atoms with Crippen molar-refractivity contribution in [2.45, 2.75) is 30.8 Å². The Morgan fingerprint density at radius 1 is 1.10 bits per heavy atom. The lowest BCUT2D eigenvalue weighted by molar-refractivity contribution is -0.120. The number of aromatic nitrogens is 2. The minimum atomic E-state index is -3.68. The summed E-state index contributed by atoms with van der Waals surface area (Å²) in [7, 11) is -3.68. The number of nitrogen functional groups attached to an aromatic ring is 1. The molecule has 3 aromatic carbocycles. The van der Waals surface area contributed by atoms with Gasteiger partial charge in [-0.2, -0.15) is 0 Å². The number of fused-ring (bicyclic) bond motifs is 2. The van der Waals surface area contributed by atoms with Crippen LogP contribution in [0.3, 0.4) is 0 Å². The standard InChI is InChI=1S/C28H32N8O3S/c1-18-6-9-20(10-7-18)40(38,39)32-13-12-27(37)31-14-15-36-24-16-19(28(29)30)8-11-23(24)35-26(36)17-25-33-21-4-2-3-5-22(21)34-25/h2-11,16,26,32,35H,12-15,17H2,1H3,(H3,29,30)(H,31,37)(H,33,34). The second-order valence-electron chi connectivity index (χ2n) is 9.71. The van der Waals surface area contributed by atoms with E-state index in [0.29, 0.717) is 25.1 Å². The molecule has 7 N–H and O–H groups in total. The molecule has 11 nitrogen and oxygen atoms in total. The fourth-order valence-corrected chi connectivity index (χ4v) is 5.74. The maximum Gasteiger partial charge on any atom is 0.240 e. The Morgan fingerprint density at radius 3 is 2.62 bits per heavy atom. The molecule has 2 heterocycles. The van der Waals surface area contributed by atoms with Crippen LogP contribution in [-0.4, -0.2) is 55.9 Å². The first kappa shape index (κ1) is 27.2. The van der Waals surface area contributed by atoms with E-state index in [1.807, 2.05) is 43.3 Å². The molecule has 1 aromatic heterocycles. The van der Waals surface area contributed by atoms with Gasteiger partial charge in [-0.1, -0.05) is 29.8 Å². The quantitative estimate of drug-likeness (QED) is 0.121. The number of nitrogens with zero attached hydrogens (tertiary/aromatic N) is 2. The van der Waals surface area contributed by atoms with Gasteiger partial charge in [-0.3, -0.25) is 10.2 Å². The van der Waals surface area contributed by atoms with Crippen molar-refractivity contribution >= 4 is 44.2 Å². The van der Waals surface area contributed by atoms with E-state index < -0.39 is 10.0 Å². The van der Waals surface area contributed by atoms with E-state index in [1.165, 1.54) is 0 Å². The Bertz CT molecular complexity index is 1620. The Morgan fingerprint density at radius 2 is 1.88 bits per heavy atom. The van der Waals surface area contributed by atoms with Crippen LogP contribution >= 0.6 is 0 Å². The number of sulfonamides is 1. The molecular weight excluding hydrogens is 528 g/mol. The number of hydrogen-bond donors (Lipinski definition) is 6. The van der Waals surface area contributed by atoms with Crippen molar-refractivity contribution in [3.05, 3.63) is 83.7 Å². The summed E-state index contributed by atoms with van der Waals surface area (Å²) >= 11 is 0. The van der Waals surface area contributed by atoms with Gasteiger partial charge in [-0.25, -0.2) is 18.1 Å². The van der Waals surface area contributed by atoms with E-state index in [2.05, 4.69) is 25.2 Å². The zero-order valence-corrected chi connectivity index (χ0v) is 22.9. The third-order valence-electron chi connectivity index (χ3n) is 6.79.